The molecule has 0 radical (unpaired) electrons. The fraction of sp³-hybridized carbons (Fsp3) is 0.125. The molecule has 0 fully saturated rings. The smallest absolute Gasteiger partial charge is 0.269 e. The number of hydrogen-bond donors (Lipinski definition) is 0. The number of nitrogens with zero attached hydrogens (tertiary/aromatic N) is 1. The summed E-state index contributed by atoms with van der Waals surface area (Å²) < 4.78 is 0. The predicted octanol–water partition coefficient (Wildman–Crippen LogP) is 2.10. The third kappa shape index (κ3) is 2.72. The first-order valence-corrected chi connectivity index (χ1v) is 6.25. The van der Waals surface area contributed by atoms with E-state index in [2.05, 4.69) is 6.92 Å². The van der Waals surface area contributed by atoms with Crippen LogP contribution in [0, 0.1) is 17.0 Å². The van der Waals surface area contributed by atoms with Crippen LogP contribution < -0.4 is 5.11 Å². The van der Waals surface area contributed by atoms with Crippen LogP contribution in [-0.2, 0) is 5.41 Å². The minimum absolute atomic E-state index is 0.0954. The van der Waals surface area contributed by atoms with Gasteiger partial charge in [0.2, 0.25) is 0 Å². The highest BCUT2D eigenvalue weighted by atomic mass is 16.6. The maximum Gasteiger partial charge on any atom is 0.269 e. The number of hydrogen-bond acceptors (Lipinski definition) is 4. The van der Waals surface area contributed by atoms with Gasteiger partial charge < -0.3 is 9.90 Å². The molecule has 1 unspecified atom stereocenters. The van der Waals surface area contributed by atoms with E-state index in [0.29, 0.717) is 0 Å². The summed E-state index contributed by atoms with van der Waals surface area (Å²) in [6.07, 6.45) is 0. The second-order valence-corrected chi connectivity index (χ2v) is 4.97. The van der Waals surface area contributed by atoms with Crippen molar-refractivity contribution in [1.82, 2.24) is 0 Å². The normalized spacial score (nSPS) is 13.4. The lowest BCUT2D eigenvalue weighted by Gasteiger charge is -2.22. The van der Waals surface area contributed by atoms with Gasteiger partial charge in [-0.2, -0.15) is 0 Å². The zero-order valence-electron chi connectivity index (χ0n) is 11.4. The van der Waals surface area contributed by atoms with Crippen molar-refractivity contribution in [1.29, 1.82) is 0 Å². The first-order chi connectivity index (χ1) is 9.84. The molecular formula is C16H13NO4. The lowest BCUT2D eigenvalue weighted by Crippen LogP contribution is -2.29. The molecule has 0 bridgehead atoms. The Morgan fingerprint density at radius 3 is 2.33 bits per heavy atom. The van der Waals surface area contributed by atoms with Crippen LogP contribution in [0.2, 0.25) is 0 Å². The Labute approximate surface area is 122 Å². The second-order valence-electron chi connectivity index (χ2n) is 4.97. The summed E-state index contributed by atoms with van der Waals surface area (Å²) >= 11 is 0. The van der Waals surface area contributed by atoms with Crippen molar-refractivity contribution in [2.45, 2.75) is 12.3 Å². The van der Waals surface area contributed by atoms with E-state index in [9.17, 15) is 20.0 Å². The largest absolute Gasteiger partial charge is 0.545 e. The average Bonchev–Trinajstić information content (AvgIpc) is 2.47. The number of carbonyl (C=O) groups is 1. The van der Waals surface area contributed by atoms with Crippen molar-refractivity contribution >= 4 is 11.7 Å². The van der Waals surface area contributed by atoms with E-state index in [0.717, 1.165) is 11.6 Å². The topological polar surface area (TPSA) is 83.3 Å². The Hall–Kier alpha value is -2.82. The maximum atomic E-state index is 11.3. The molecule has 0 saturated carbocycles. The van der Waals surface area contributed by atoms with Crippen molar-refractivity contribution in [3.63, 3.8) is 0 Å². The molecule has 2 rings (SSSR count). The highest BCUT2D eigenvalue weighted by Gasteiger charge is 2.34. The molecule has 0 spiro atoms. The van der Waals surface area contributed by atoms with Crippen LogP contribution in [0.3, 0.4) is 0 Å². The molecule has 0 aliphatic rings. The van der Waals surface area contributed by atoms with E-state index >= 15 is 0 Å². The molecule has 0 aromatic heterocycles. The number of benzene rings is 2. The molecule has 2 aromatic rings. The molecule has 0 amide bonds. The van der Waals surface area contributed by atoms with E-state index < -0.39 is 16.3 Å². The van der Waals surface area contributed by atoms with Crippen molar-refractivity contribution in [2.75, 3.05) is 0 Å². The number of nitro groups is 1. The molecule has 0 aliphatic heterocycles. The van der Waals surface area contributed by atoms with E-state index in [4.69, 9.17) is 0 Å². The molecule has 0 aliphatic carbocycles. The Morgan fingerprint density at radius 1 is 1.19 bits per heavy atom. The number of carboxylic acids is 1. The molecule has 5 heteroatoms. The minimum atomic E-state index is -1.38. The van der Waals surface area contributed by atoms with E-state index in [1.807, 2.05) is 6.07 Å². The zero-order valence-corrected chi connectivity index (χ0v) is 11.4. The van der Waals surface area contributed by atoms with Gasteiger partial charge in [-0.25, -0.2) is 0 Å². The number of carboxylic acid groups (broad SMARTS) is 1. The van der Waals surface area contributed by atoms with Crippen molar-refractivity contribution in [3.8, 4) is 0 Å². The number of aromatic carboxylic acids is 1. The molecule has 21 heavy (non-hydrogen) atoms. The van der Waals surface area contributed by atoms with Gasteiger partial charge in [0.15, 0.2) is 5.41 Å². The molecule has 5 nitrogen and oxygen atoms in total. The van der Waals surface area contributed by atoms with Crippen LogP contribution >= 0.6 is 0 Å². The number of carbonyl (C=O) groups excluding carboxylic acids is 1. The van der Waals surface area contributed by atoms with Gasteiger partial charge in [-0.1, -0.05) is 30.3 Å². The molecule has 0 saturated heterocycles. The molecular weight excluding hydrogens is 270 g/mol. The summed E-state index contributed by atoms with van der Waals surface area (Å²) in [4.78, 5) is 21.6. The summed E-state index contributed by atoms with van der Waals surface area (Å²) in [6.45, 7) is 5.76. The van der Waals surface area contributed by atoms with Gasteiger partial charge in [-0.05, 0) is 13.0 Å². The highest BCUT2D eigenvalue weighted by Crippen LogP contribution is 2.35. The summed E-state index contributed by atoms with van der Waals surface area (Å²) in [7, 11) is 0. The van der Waals surface area contributed by atoms with Gasteiger partial charge in [-0.3, -0.25) is 10.1 Å². The first-order valence-electron chi connectivity index (χ1n) is 6.25. The van der Waals surface area contributed by atoms with Crippen molar-refractivity contribution in [2.24, 2.45) is 0 Å². The molecule has 0 heterocycles. The summed E-state index contributed by atoms with van der Waals surface area (Å²) in [5.41, 5.74) is -0.207. The Morgan fingerprint density at radius 2 is 1.81 bits per heavy atom. The lowest BCUT2D eigenvalue weighted by atomic mass is 9.76. The van der Waals surface area contributed by atoms with Gasteiger partial charge in [0, 0.05) is 28.8 Å². The zero-order chi connectivity index (χ0) is 15.6. The summed E-state index contributed by atoms with van der Waals surface area (Å²) in [6, 6.07) is 12.6. The van der Waals surface area contributed by atoms with Crippen LogP contribution in [0.25, 0.3) is 0 Å². The summed E-state index contributed by atoms with van der Waals surface area (Å²) in [5, 5.41) is 22.2. The van der Waals surface area contributed by atoms with Crippen LogP contribution in [0.4, 0.5) is 5.69 Å². The first kappa shape index (κ1) is 14.6. The van der Waals surface area contributed by atoms with Crippen molar-refractivity contribution in [3.05, 3.63) is 82.3 Å². The average molecular weight is 283 g/mol. The van der Waals surface area contributed by atoms with Gasteiger partial charge in [0.25, 0.3) is 5.69 Å². The predicted molar refractivity (Wildman–Crippen MR) is 75.7 cm³/mol. The quantitative estimate of drug-likeness (QED) is 0.488. The summed E-state index contributed by atoms with van der Waals surface area (Å²) in [5.74, 6) is -1.38. The van der Waals surface area contributed by atoms with Gasteiger partial charge in [0.05, 0.1) is 17.8 Å². The monoisotopic (exact) mass is 283 g/mol. The van der Waals surface area contributed by atoms with Gasteiger partial charge in [0.1, 0.15) is 0 Å². The van der Waals surface area contributed by atoms with Crippen LogP contribution in [-0.4, -0.2) is 10.9 Å². The molecule has 106 valence electrons. The molecule has 0 N–H and O–H groups in total. The Kier molecular flexibility index (Phi) is 3.67. The fourth-order valence-electron chi connectivity index (χ4n) is 2.24. The second kappa shape index (κ2) is 5.28. The standard InChI is InChI=1S/C16H13NO4/c1-16(2,11-6-4-3-5-7-11)14-10-12(17(20)21)8-9-13(14)15(18)19/h3-10H,1H2,2H3. The third-order valence-corrected chi connectivity index (χ3v) is 3.44. The Balaban J connectivity index is 2.67. The van der Waals surface area contributed by atoms with Crippen LogP contribution in [0.5, 0.6) is 0 Å². The van der Waals surface area contributed by atoms with Crippen LogP contribution in [0.15, 0.2) is 48.5 Å². The van der Waals surface area contributed by atoms with E-state index in [-0.39, 0.29) is 16.8 Å². The van der Waals surface area contributed by atoms with Crippen LogP contribution in [0.1, 0.15) is 28.4 Å². The number of non-ortho nitro benzene ring substituents is 1. The number of nitro benzene ring substituents is 1. The Bertz CT molecular complexity index is 693. The van der Waals surface area contributed by atoms with Crippen molar-refractivity contribution < 1.29 is 14.8 Å². The molecule has 1 atom stereocenters. The maximum absolute atomic E-state index is 11.3. The minimum Gasteiger partial charge on any atom is -0.545 e. The van der Waals surface area contributed by atoms with E-state index in [1.165, 1.54) is 12.1 Å². The van der Waals surface area contributed by atoms with E-state index in [1.54, 1.807) is 31.2 Å². The number of rotatable bonds is 4. The molecule has 2 aromatic carbocycles. The lowest BCUT2D eigenvalue weighted by molar-refractivity contribution is -0.385. The fourth-order valence-corrected chi connectivity index (χ4v) is 2.24. The van der Waals surface area contributed by atoms with Gasteiger partial charge in [-0.15, -0.1) is 0 Å². The SMILES string of the molecule is [CH2+]C(C)(c1ccccc1)c1cc([N+](=O)[O-])ccc1C(=O)[O-]. The van der Waals surface area contributed by atoms with Gasteiger partial charge >= 0.3 is 0 Å². The third-order valence-electron chi connectivity index (χ3n) is 3.44. The highest BCUT2D eigenvalue weighted by molar-refractivity contribution is 5.89.